The molecule has 0 unspecified atom stereocenters. The average Bonchev–Trinajstić information content (AvgIpc) is 2.73. The van der Waals surface area contributed by atoms with Gasteiger partial charge in [-0.15, -0.1) is 0 Å². The summed E-state index contributed by atoms with van der Waals surface area (Å²) in [4.78, 5) is 30.7. The van der Waals surface area contributed by atoms with Crippen molar-refractivity contribution in [3.05, 3.63) is 69.7 Å². The molecule has 0 aliphatic heterocycles. The van der Waals surface area contributed by atoms with Crippen LogP contribution in [0.2, 0.25) is 5.02 Å². The van der Waals surface area contributed by atoms with Gasteiger partial charge >= 0.3 is 6.09 Å². The number of rotatable bonds is 7. The summed E-state index contributed by atoms with van der Waals surface area (Å²) in [7, 11) is 0. The monoisotopic (exact) mass is 447 g/mol. The Bertz CT molecular complexity index is 1100. The topological polar surface area (TPSA) is 129 Å². The number of carbonyl (C=O) groups is 1. The lowest BCUT2D eigenvalue weighted by molar-refractivity contribution is -0.383. The van der Waals surface area contributed by atoms with Crippen LogP contribution < -0.4 is 15.4 Å². The third-order valence-electron chi connectivity index (χ3n) is 3.72. The first kappa shape index (κ1) is 21.7. The van der Waals surface area contributed by atoms with Gasteiger partial charge in [0.2, 0.25) is 5.95 Å². The smallest absolute Gasteiger partial charge is 0.411 e. The van der Waals surface area contributed by atoms with Crippen LogP contribution in [-0.4, -0.2) is 27.6 Å². The highest BCUT2D eigenvalue weighted by atomic mass is 35.5. The molecule has 2 aromatic carbocycles. The van der Waals surface area contributed by atoms with Crippen molar-refractivity contribution in [3.63, 3.8) is 0 Å². The van der Waals surface area contributed by atoms with E-state index >= 15 is 0 Å². The molecule has 0 atom stereocenters. The Kier molecular flexibility index (Phi) is 6.78. The molecule has 1 amide bonds. The van der Waals surface area contributed by atoms with Crippen LogP contribution in [0.5, 0.6) is 11.5 Å². The molecule has 2 N–H and O–H groups in total. The van der Waals surface area contributed by atoms with E-state index in [2.05, 4.69) is 20.6 Å². The first-order valence-corrected chi connectivity index (χ1v) is 9.17. The van der Waals surface area contributed by atoms with E-state index in [4.69, 9.17) is 21.1 Å². The van der Waals surface area contributed by atoms with Gasteiger partial charge in [0.05, 0.1) is 34.6 Å². The predicted molar refractivity (Wildman–Crippen MR) is 111 cm³/mol. The molecule has 1 heterocycles. The quantitative estimate of drug-likeness (QED) is 0.369. The number of amides is 1. The third kappa shape index (κ3) is 5.76. The number of nitrogens with zero attached hydrogens (tertiary/aromatic N) is 3. The van der Waals surface area contributed by atoms with E-state index in [9.17, 15) is 19.3 Å². The van der Waals surface area contributed by atoms with Crippen LogP contribution in [0.1, 0.15) is 6.92 Å². The molecule has 0 aliphatic rings. The zero-order chi connectivity index (χ0) is 22.4. The summed E-state index contributed by atoms with van der Waals surface area (Å²) in [5.74, 6) is -0.0534. The molecule has 160 valence electrons. The molecule has 3 rings (SSSR count). The van der Waals surface area contributed by atoms with E-state index < -0.39 is 22.5 Å². The van der Waals surface area contributed by atoms with Crippen molar-refractivity contribution in [1.29, 1.82) is 0 Å². The maximum Gasteiger partial charge on any atom is 0.411 e. The first-order chi connectivity index (χ1) is 14.9. The zero-order valence-electron chi connectivity index (χ0n) is 16.0. The molecular weight excluding hydrogens is 433 g/mol. The summed E-state index contributed by atoms with van der Waals surface area (Å²) in [5, 5.41) is 17.0. The number of halogens is 2. The van der Waals surface area contributed by atoms with Gasteiger partial charge in [-0.05, 0) is 31.2 Å². The van der Waals surface area contributed by atoms with Gasteiger partial charge in [-0.25, -0.2) is 19.2 Å². The van der Waals surface area contributed by atoms with Crippen LogP contribution in [-0.2, 0) is 4.74 Å². The molecular formula is C19H15ClFN5O5. The van der Waals surface area contributed by atoms with E-state index in [-0.39, 0.29) is 35.4 Å². The molecule has 0 spiro atoms. The Labute approximate surface area is 180 Å². The van der Waals surface area contributed by atoms with Gasteiger partial charge in [0.15, 0.2) is 5.75 Å². The summed E-state index contributed by atoms with van der Waals surface area (Å²) in [6.07, 6.45) is 1.80. The summed E-state index contributed by atoms with van der Waals surface area (Å²) in [5.41, 5.74) is -0.480. The minimum absolute atomic E-state index is 0.0718. The highest BCUT2D eigenvalue weighted by Gasteiger charge is 2.22. The largest absolute Gasteiger partial charge is 0.455 e. The summed E-state index contributed by atoms with van der Waals surface area (Å²) in [6.45, 7) is 1.67. The van der Waals surface area contributed by atoms with Crippen LogP contribution in [0.25, 0.3) is 0 Å². The summed E-state index contributed by atoms with van der Waals surface area (Å²) >= 11 is 5.78. The lowest BCUT2D eigenvalue weighted by Crippen LogP contribution is -2.14. The number of anilines is 3. The van der Waals surface area contributed by atoms with Gasteiger partial charge in [-0.3, -0.25) is 15.4 Å². The van der Waals surface area contributed by atoms with Crippen LogP contribution in [0.3, 0.4) is 0 Å². The Morgan fingerprint density at radius 1 is 1.19 bits per heavy atom. The molecule has 1 aromatic heterocycles. The number of nitro groups is 1. The second-order valence-electron chi connectivity index (χ2n) is 5.87. The van der Waals surface area contributed by atoms with Crippen LogP contribution >= 0.6 is 11.6 Å². The van der Waals surface area contributed by atoms with E-state index in [0.29, 0.717) is 5.02 Å². The van der Waals surface area contributed by atoms with Crippen molar-refractivity contribution in [2.24, 2.45) is 0 Å². The van der Waals surface area contributed by atoms with Crippen LogP contribution in [0, 0.1) is 15.9 Å². The normalized spacial score (nSPS) is 10.3. The number of hydrogen-bond donors (Lipinski definition) is 2. The standard InChI is InChI=1S/C19H15ClFN5O5/c1-2-30-19(27)25-14-8-17(31-13-5-3-12(21)4-6-13)15(7-16(14)26(28)29)24-18-22-9-11(20)10-23-18/h3-10H,2H2,1H3,(H,25,27)(H,22,23,24). The SMILES string of the molecule is CCOC(=O)Nc1cc(Oc2ccc(F)cc2)c(Nc2ncc(Cl)cn2)cc1[N+](=O)[O-]. The van der Waals surface area contributed by atoms with E-state index in [1.165, 1.54) is 42.7 Å². The maximum atomic E-state index is 13.2. The molecule has 0 radical (unpaired) electrons. The van der Waals surface area contributed by atoms with Crippen molar-refractivity contribution >= 4 is 40.7 Å². The molecule has 12 heteroatoms. The lowest BCUT2D eigenvalue weighted by Gasteiger charge is -2.15. The molecule has 0 fully saturated rings. The highest BCUT2D eigenvalue weighted by Crippen LogP contribution is 2.39. The fourth-order valence-corrected chi connectivity index (χ4v) is 2.50. The Balaban J connectivity index is 2.05. The van der Waals surface area contributed by atoms with E-state index in [1.54, 1.807) is 6.92 Å². The molecule has 0 saturated carbocycles. The van der Waals surface area contributed by atoms with Crippen molar-refractivity contribution in [2.75, 3.05) is 17.2 Å². The van der Waals surface area contributed by atoms with E-state index in [0.717, 1.165) is 6.07 Å². The number of carbonyl (C=O) groups excluding carboxylic acids is 1. The minimum Gasteiger partial charge on any atom is -0.455 e. The number of benzene rings is 2. The van der Waals surface area contributed by atoms with Crippen LogP contribution in [0.4, 0.5) is 32.2 Å². The fourth-order valence-electron chi connectivity index (χ4n) is 2.41. The molecule has 3 aromatic rings. The number of nitro benzene ring substituents is 1. The fraction of sp³-hybridized carbons (Fsp3) is 0.105. The number of nitrogens with one attached hydrogen (secondary N) is 2. The Morgan fingerprint density at radius 2 is 1.87 bits per heavy atom. The average molecular weight is 448 g/mol. The van der Waals surface area contributed by atoms with Crippen molar-refractivity contribution in [1.82, 2.24) is 9.97 Å². The van der Waals surface area contributed by atoms with Gasteiger partial charge in [0.1, 0.15) is 17.3 Å². The minimum atomic E-state index is -0.875. The van der Waals surface area contributed by atoms with Gasteiger partial charge in [-0.2, -0.15) is 0 Å². The summed E-state index contributed by atoms with van der Waals surface area (Å²) in [6, 6.07) is 7.49. The van der Waals surface area contributed by atoms with E-state index in [1.807, 2.05) is 0 Å². The van der Waals surface area contributed by atoms with Crippen LogP contribution in [0.15, 0.2) is 48.8 Å². The van der Waals surface area contributed by atoms with Crippen molar-refractivity contribution in [2.45, 2.75) is 6.92 Å². The Morgan fingerprint density at radius 3 is 2.48 bits per heavy atom. The van der Waals surface area contributed by atoms with Gasteiger partial charge in [-0.1, -0.05) is 11.6 Å². The predicted octanol–water partition coefficient (Wildman–Crippen LogP) is 5.28. The highest BCUT2D eigenvalue weighted by molar-refractivity contribution is 6.30. The zero-order valence-corrected chi connectivity index (χ0v) is 16.7. The number of ether oxygens (including phenoxy) is 2. The molecule has 0 saturated heterocycles. The molecule has 0 aliphatic carbocycles. The molecule has 10 nitrogen and oxygen atoms in total. The van der Waals surface area contributed by atoms with Gasteiger partial charge in [0, 0.05) is 12.1 Å². The van der Waals surface area contributed by atoms with Gasteiger partial charge in [0.25, 0.3) is 5.69 Å². The lowest BCUT2D eigenvalue weighted by atomic mass is 10.2. The number of hydrogen-bond acceptors (Lipinski definition) is 8. The van der Waals surface area contributed by atoms with Crippen molar-refractivity contribution < 1.29 is 23.6 Å². The Hall–Kier alpha value is -3.99. The van der Waals surface area contributed by atoms with Crippen molar-refractivity contribution in [3.8, 4) is 11.5 Å². The third-order valence-corrected chi connectivity index (χ3v) is 3.91. The first-order valence-electron chi connectivity index (χ1n) is 8.80. The maximum absolute atomic E-state index is 13.2. The second-order valence-corrected chi connectivity index (χ2v) is 6.31. The summed E-state index contributed by atoms with van der Waals surface area (Å²) < 4.78 is 23.8. The molecule has 0 bridgehead atoms. The number of aromatic nitrogens is 2. The molecule has 31 heavy (non-hydrogen) atoms. The van der Waals surface area contributed by atoms with Gasteiger partial charge < -0.3 is 14.8 Å². The second kappa shape index (κ2) is 9.67.